The van der Waals surface area contributed by atoms with E-state index in [0.29, 0.717) is 10.5 Å². The van der Waals surface area contributed by atoms with E-state index in [-0.39, 0.29) is 6.54 Å². The van der Waals surface area contributed by atoms with Crippen LogP contribution in [0.3, 0.4) is 0 Å². The van der Waals surface area contributed by atoms with Crippen molar-refractivity contribution < 1.29 is 23.1 Å². The van der Waals surface area contributed by atoms with E-state index < -0.39 is 34.7 Å². The number of aromatic hydroxyl groups is 1. The Hall–Kier alpha value is -0.990. The highest BCUT2D eigenvalue weighted by atomic mass is 127. The molecule has 1 amide bonds. The lowest BCUT2D eigenvalue weighted by molar-refractivity contribution is 0.0950. The van der Waals surface area contributed by atoms with Crippen LogP contribution in [0, 0.1) is 17.5 Å². The van der Waals surface area contributed by atoms with Gasteiger partial charge in [-0.3, -0.25) is 4.79 Å². The van der Waals surface area contributed by atoms with Crippen LogP contribution in [-0.4, -0.2) is 22.0 Å². The van der Waals surface area contributed by atoms with Crippen molar-refractivity contribution in [3.05, 3.63) is 29.1 Å². The van der Waals surface area contributed by atoms with Gasteiger partial charge in [-0.25, -0.2) is 8.78 Å². The normalized spacial score (nSPS) is 10.2. The smallest absolute Gasteiger partial charge is 0.254 e. The molecule has 0 atom stereocenters. The number of nitrogens with one attached hydrogen (secondary N) is 1. The van der Waals surface area contributed by atoms with Crippen molar-refractivity contribution in [1.29, 1.82) is 0 Å². The van der Waals surface area contributed by atoms with Crippen LogP contribution in [0.25, 0.3) is 0 Å². The molecule has 1 aromatic rings. The molecule has 0 aromatic heterocycles. The molecule has 0 radical (unpaired) electrons. The number of alkyl halides is 1. The number of phenols is 1. The first-order valence-electron chi connectivity index (χ1n) is 4.19. The third kappa shape index (κ3) is 2.57. The first kappa shape index (κ1) is 13.1. The fourth-order valence-corrected chi connectivity index (χ4v) is 1.28. The monoisotopic (exact) mass is 345 g/mol. The molecule has 88 valence electrons. The van der Waals surface area contributed by atoms with Gasteiger partial charge in [-0.2, -0.15) is 4.39 Å². The maximum Gasteiger partial charge on any atom is 0.254 e. The van der Waals surface area contributed by atoms with E-state index in [2.05, 4.69) is 5.32 Å². The molecule has 0 saturated heterocycles. The van der Waals surface area contributed by atoms with Gasteiger partial charge in [-0.15, -0.1) is 0 Å². The van der Waals surface area contributed by atoms with Crippen LogP contribution < -0.4 is 5.32 Å². The van der Waals surface area contributed by atoms with Gasteiger partial charge in [0.1, 0.15) is 0 Å². The summed E-state index contributed by atoms with van der Waals surface area (Å²) in [4.78, 5) is 11.3. The Morgan fingerprint density at radius 1 is 1.38 bits per heavy atom. The van der Waals surface area contributed by atoms with Crippen LogP contribution >= 0.6 is 22.6 Å². The van der Waals surface area contributed by atoms with Gasteiger partial charge in [-0.05, 0) is 6.07 Å². The third-order valence-corrected chi connectivity index (χ3v) is 2.30. The van der Waals surface area contributed by atoms with Gasteiger partial charge in [0.25, 0.3) is 5.91 Å². The van der Waals surface area contributed by atoms with Gasteiger partial charge in [0.15, 0.2) is 17.4 Å². The average molecular weight is 345 g/mol. The van der Waals surface area contributed by atoms with Crippen molar-refractivity contribution in [1.82, 2.24) is 5.32 Å². The first-order valence-corrected chi connectivity index (χ1v) is 5.72. The van der Waals surface area contributed by atoms with Gasteiger partial charge >= 0.3 is 0 Å². The lowest BCUT2D eigenvalue weighted by Gasteiger charge is -2.06. The highest BCUT2D eigenvalue weighted by Gasteiger charge is 2.21. The summed E-state index contributed by atoms with van der Waals surface area (Å²) in [6, 6.07) is 0.410. The Balaban J connectivity index is 3.10. The van der Waals surface area contributed by atoms with Gasteiger partial charge in [-0.1, -0.05) is 22.6 Å². The number of carbonyl (C=O) groups is 1. The zero-order chi connectivity index (χ0) is 12.3. The highest BCUT2D eigenvalue weighted by Crippen LogP contribution is 2.25. The first-order chi connectivity index (χ1) is 7.49. The van der Waals surface area contributed by atoms with Gasteiger partial charge < -0.3 is 10.4 Å². The molecule has 0 saturated carbocycles. The lowest BCUT2D eigenvalue weighted by atomic mass is 10.1. The summed E-state index contributed by atoms with van der Waals surface area (Å²) in [6.07, 6.45) is 0. The number of carbonyl (C=O) groups excluding carboxylic acids is 1. The van der Waals surface area contributed by atoms with E-state index in [9.17, 15) is 18.0 Å². The maximum absolute atomic E-state index is 13.2. The standard InChI is InChI=1S/C9H7F3INO2/c10-5-3-4(9(16)14-2-1-13)6(11)8(15)7(5)12/h3,15H,1-2H2,(H,14,16). The number of halogens is 4. The number of rotatable bonds is 3. The van der Waals surface area contributed by atoms with Crippen molar-refractivity contribution in [2.24, 2.45) is 0 Å². The third-order valence-electron chi connectivity index (χ3n) is 1.76. The molecule has 1 aromatic carbocycles. The number of benzene rings is 1. The summed E-state index contributed by atoms with van der Waals surface area (Å²) >= 11 is 1.98. The van der Waals surface area contributed by atoms with E-state index in [1.54, 1.807) is 0 Å². The van der Waals surface area contributed by atoms with Crippen LogP contribution in [0.1, 0.15) is 10.4 Å². The molecule has 0 unspecified atom stereocenters. The van der Waals surface area contributed by atoms with Crippen LogP contribution in [0.4, 0.5) is 13.2 Å². The van der Waals surface area contributed by atoms with E-state index >= 15 is 0 Å². The van der Waals surface area contributed by atoms with E-state index in [1.807, 2.05) is 22.6 Å². The second kappa shape index (κ2) is 5.37. The Bertz CT molecular complexity index is 426. The zero-order valence-corrected chi connectivity index (χ0v) is 10.0. The number of hydrogen-bond donors (Lipinski definition) is 2. The molecule has 2 N–H and O–H groups in total. The summed E-state index contributed by atoms with van der Waals surface area (Å²) < 4.78 is 39.3. The SMILES string of the molecule is O=C(NCCI)c1cc(F)c(F)c(O)c1F. The average Bonchev–Trinajstić information content (AvgIpc) is 2.28. The summed E-state index contributed by atoms with van der Waals surface area (Å²) in [5.74, 6) is -7.03. The minimum absolute atomic E-state index is 0.262. The molecule has 0 aliphatic carbocycles. The lowest BCUT2D eigenvalue weighted by Crippen LogP contribution is -2.26. The van der Waals surface area contributed by atoms with Crippen LogP contribution in [0.5, 0.6) is 5.75 Å². The van der Waals surface area contributed by atoms with Crippen molar-refractivity contribution in [2.45, 2.75) is 0 Å². The van der Waals surface area contributed by atoms with E-state index in [0.717, 1.165) is 0 Å². The van der Waals surface area contributed by atoms with E-state index in [4.69, 9.17) is 5.11 Å². The zero-order valence-electron chi connectivity index (χ0n) is 7.86. The summed E-state index contributed by atoms with van der Waals surface area (Å²) in [5.41, 5.74) is -0.721. The summed E-state index contributed by atoms with van der Waals surface area (Å²) in [6.45, 7) is 0.262. The largest absolute Gasteiger partial charge is 0.503 e. The van der Waals surface area contributed by atoms with E-state index in [1.165, 1.54) is 0 Å². The molecule has 0 bridgehead atoms. The molecular weight excluding hydrogens is 338 g/mol. The molecule has 0 fully saturated rings. The van der Waals surface area contributed by atoms with Crippen LogP contribution in [0.15, 0.2) is 6.07 Å². The van der Waals surface area contributed by atoms with Crippen molar-refractivity contribution in [3.8, 4) is 5.75 Å². The molecule has 1 rings (SSSR count). The number of phenolic OH excluding ortho intramolecular Hbond substituents is 1. The number of amides is 1. The molecular formula is C9H7F3INO2. The van der Waals surface area contributed by atoms with Crippen molar-refractivity contribution >= 4 is 28.5 Å². The molecule has 0 heterocycles. The maximum atomic E-state index is 13.2. The second-order valence-corrected chi connectivity index (χ2v) is 3.91. The molecule has 0 aliphatic rings. The summed E-state index contributed by atoms with van der Waals surface area (Å²) in [5, 5.41) is 11.1. The Kier molecular flexibility index (Phi) is 4.39. The predicted molar refractivity (Wildman–Crippen MR) is 59.2 cm³/mol. The fourth-order valence-electron chi connectivity index (χ4n) is 1.01. The fraction of sp³-hybridized carbons (Fsp3) is 0.222. The van der Waals surface area contributed by atoms with Gasteiger partial charge in [0.2, 0.25) is 5.82 Å². The Morgan fingerprint density at radius 2 is 2.00 bits per heavy atom. The topological polar surface area (TPSA) is 49.3 Å². The van der Waals surface area contributed by atoms with Crippen LogP contribution in [-0.2, 0) is 0 Å². The molecule has 7 heteroatoms. The predicted octanol–water partition coefficient (Wildman–Crippen LogP) is 1.97. The Morgan fingerprint density at radius 3 is 2.56 bits per heavy atom. The highest BCUT2D eigenvalue weighted by molar-refractivity contribution is 14.1. The second-order valence-electron chi connectivity index (χ2n) is 2.83. The Labute approximate surface area is 103 Å². The minimum atomic E-state index is -1.71. The van der Waals surface area contributed by atoms with Crippen LogP contribution in [0.2, 0.25) is 0 Å². The van der Waals surface area contributed by atoms with Gasteiger partial charge in [0.05, 0.1) is 5.56 Å². The molecule has 0 aliphatic heterocycles. The van der Waals surface area contributed by atoms with Crippen molar-refractivity contribution in [3.63, 3.8) is 0 Å². The van der Waals surface area contributed by atoms with Crippen molar-refractivity contribution in [2.75, 3.05) is 11.0 Å². The minimum Gasteiger partial charge on any atom is -0.503 e. The van der Waals surface area contributed by atoms with Gasteiger partial charge in [0, 0.05) is 11.0 Å². The molecule has 0 spiro atoms. The molecule has 16 heavy (non-hydrogen) atoms. The quantitative estimate of drug-likeness (QED) is 0.500. The molecule has 3 nitrogen and oxygen atoms in total. The summed E-state index contributed by atoms with van der Waals surface area (Å²) in [7, 11) is 0. The number of hydrogen-bond acceptors (Lipinski definition) is 2.